The lowest BCUT2D eigenvalue weighted by Gasteiger charge is -2.11. The predicted octanol–water partition coefficient (Wildman–Crippen LogP) is -0.702. The fourth-order valence-electron chi connectivity index (χ4n) is 1.55. The summed E-state index contributed by atoms with van der Waals surface area (Å²) >= 11 is 0. The van der Waals surface area contributed by atoms with Crippen LogP contribution in [0, 0.1) is 5.92 Å². The lowest BCUT2D eigenvalue weighted by Crippen LogP contribution is -2.23. The number of aliphatic carboxylic acids is 1. The summed E-state index contributed by atoms with van der Waals surface area (Å²) in [7, 11) is 0. The molecular formula is C7H11N5O2. The molecule has 0 aromatic carbocycles. The lowest BCUT2D eigenvalue weighted by molar-refractivity contribution is -0.140. The van der Waals surface area contributed by atoms with E-state index in [0.717, 1.165) is 0 Å². The Kier molecular flexibility index (Phi) is 1.99. The van der Waals surface area contributed by atoms with Crippen LogP contribution in [0.25, 0.3) is 0 Å². The first kappa shape index (κ1) is 8.79. The van der Waals surface area contributed by atoms with Gasteiger partial charge in [0.25, 0.3) is 0 Å². The van der Waals surface area contributed by atoms with Crippen molar-refractivity contribution < 1.29 is 9.90 Å². The number of nitrogen functional groups attached to an aromatic ring is 1. The molecule has 0 aliphatic carbocycles. The molecule has 0 amide bonds. The maximum absolute atomic E-state index is 10.7. The molecule has 2 rings (SSSR count). The molecule has 0 bridgehead atoms. The first-order valence-electron chi connectivity index (χ1n) is 4.32. The van der Waals surface area contributed by atoms with Gasteiger partial charge in [-0.2, -0.15) is 4.98 Å². The SMILES string of the molecule is Nc1nc(N2CC[C@@H](C(=O)O)C2)n[nH]1. The van der Waals surface area contributed by atoms with Crippen molar-refractivity contribution in [1.82, 2.24) is 15.2 Å². The van der Waals surface area contributed by atoms with Crippen LogP contribution in [-0.2, 0) is 4.79 Å². The van der Waals surface area contributed by atoms with Gasteiger partial charge < -0.3 is 15.7 Å². The van der Waals surface area contributed by atoms with E-state index in [4.69, 9.17) is 10.8 Å². The van der Waals surface area contributed by atoms with E-state index in [9.17, 15) is 4.79 Å². The van der Waals surface area contributed by atoms with E-state index >= 15 is 0 Å². The molecule has 14 heavy (non-hydrogen) atoms. The highest BCUT2D eigenvalue weighted by Gasteiger charge is 2.29. The van der Waals surface area contributed by atoms with Gasteiger partial charge in [-0.25, -0.2) is 5.10 Å². The molecule has 1 aromatic heterocycles. The van der Waals surface area contributed by atoms with Gasteiger partial charge >= 0.3 is 5.97 Å². The highest BCUT2D eigenvalue weighted by atomic mass is 16.4. The molecule has 1 fully saturated rings. The minimum atomic E-state index is -0.768. The number of nitrogens with two attached hydrogens (primary N) is 1. The first-order chi connectivity index (χ1) is 6.66. The van der Waals surface area contributed by atoms with Crippen LogP contribution >= 0.6 is 0 Å². The number of aromatic amines is 1. The molecule has 0 saturated carbocycles. The number of hydrogen-bond acceptors (Lipinski definition) is 5. The summed E-state index contributed by atoms with van der Waals surface area (Å²) in [5, 5.41) is 15.2. The zero-order chi connectivity index (χ0) is 10.1. The monoisotopic (exact) mass is 197 g/mol. The number of rotatable bonds is 2. The molecule has 1 atom stereocenters. The Morgan fingerprint density at radius 1 is 1.71 bits per heavy atom. The average molecular weight is 197 g/mol. The number of carboxylic acids is 1. The number of carboxylic acid groups (broad SMARTS) is 1. The molecule has 0 radical (unpaired) electrons. The predicted molar refractivity (Wildman–Crippen MR) is 48.8 cm³/mol. The van der Waals surface area contributed by atoms with Crippen LogP contribution < -0.4 is 10.6 Å². The van der Waals surface area contributed by atoms with Gasteiger partial charge in [0, 0.05) is 13.1 Å². The van der Waals surface area contributed by atoms with Gasteiger partial charge in [0.1, 0.15) is 0 Å². The van der Waals surface area contributed by atoms with E-state index in [1.54, 1.807) is 0 Å². The van der Waals surface area contributed by atoms with E-state index in [2.05, 4.69) is 15.2 Å². The standard InChI is InChI=1S/C7H11N5O2/c8-6-9-7(11-10-6)12-2-1-4(3-12)5(13)14/h4H,1-3H2,(H,13,14)(H3,8,9,10,11)/t4-/m1/s1. The van der Waals surface area contributed by atoms with Crippen molar-refractivity contribution in [2.75, 3.05) is 23.7 Å². The molecular weight excluding hydrogens is 186 g/mol. The van der Waals surface area contributed by atoms with Gasteiger partial charge in [-0.15, -0.1) is 5.10 Å². The third-order valence-corrected chi connectivity index (χ3v) is 2.31. The van der Waals surface area contributed by atoms with Crippen LogP contribution in [0.1, 0.15) is 6.42 Å². The van der Waals surface area contributed by atoms with Crippen LogP contribution in [0.2, 0.25) is 0 Å². The maximum atomic E-state index is 10.7. The number of anilines is 2. The Bertz CT molecular complexity index is 350. The van der Waals surface area contributed by atoms with Gasteiger partial charge in [-0.05, 0) is 6.42 Å². The van der Waals surface area contributed by atoms with Crippen LogP contribution in [0.3, 0.4) is 0 Å². The van der Waals surface area contributed by atoms with Crippen LogP contribution in [0.15, 0.2) is 0 Å². The lowest BCUT2D eigenvalue weighted by atomic mass is 10.1. The van der Waals surface area contributed by atoms with Crippen molar-refractivity contribution in [3.8, 4) is 0 Å². The smallest absolute Gasteiger partial charge is 0.308 e. The zero-order valence-electron chi connectivity index (χ0n) is 7.47. The van der Waals surface area contributed by atoms with E-state index in [0.29, 0.717) is 25.5 Å². The quantitative estimate of drug-likeness (QED) is 0.578. The Balaban J connectivity index is 2.05. The van der Waals surface area contributed by atoms with E-state index in [1.807, 2.05) is 4.90 Å². The van der Waals surface area contributed by atoms with Crippen molar-refractivity contribution in [2.45, 2.75) is 6.42 Å². The number of nitrogens with zero attached hydrogens (tertiary/aromatic N) is 3. The minimum absolute atomic E-state index is 0.249. The summed E-state index contributed by atoms with van der Waals surface area (Å²) in [6, 6.07) is 0. The average Bonchev–Trinajstić information content (AvgIpc) is 2.70. The number of H-pyrrole nitrogens is 1. The zero-order valence-corrected chi connectivity index (χ0v) is 7.47. The van der Waals surface area contributed by atoms with Crippen molar-refractivity contribution >= 4 is 17.9 Å². The Hall–Kier alpha value is -1.79. The molecule has 0 spiro atoms. The molecule has 1 aromatic rings. The Labute approximate surface area is 79.9 Å². The first-order valence-corrected chi connectivity index (χ1v) is 4.32. The van der Waals surface area contributed by atoms with Crippen LogP contribution in [0.5, 0.6) is 0 Å². The van der Waals surface area contributed by atoms with Gasteiger partial charge in [0.2, 0.25) is 11.9 Å². The minimum Gasteiger partial charge on any atom is -0.481 e. The molecule has 0 unspecified atom stereocenters. The maximum Gasteiger partial charge on any atom is 0.308 e. The fraction of sp³-hybridized carbons (Fsp3) is 0.571. The second kappa shape index (κ2) is 3.17. The largest absolute Gasteiger partial charge is 0.481 e. The van der Waals surface area contributed by atoms with E-state index in [-0.39, 0.29) is 11.9 Å². The number of nitrogens with one attached hydrogen (secondary N) is 1. The van der Waals surface area contributed by atoms with Crippen LogP contribution in [-0.4, -0.2) is 39.3 Å². The Morgan fingerprint density at radius 2 is 2.50 bits per heavy atom. The Morgan fingerprint density at radius 3 is 3.00 bits per heavy atom. The number of hydrogen-bond donors (Lipinski definition) is 3. The van der Waals surface area contributed by atoms with E-state index in [1.165, 1.54) is 0 Å². The second-order valence-electron chi connectivity index (χ2n) is 3.29. The van der Waals surface area contributed by atoms with Crippen molar-refractivity contribution in [2.24, 2.45) is 5.92 Å². The third-order valence-electron chi connectivity index (χ3n) is 2.31. The molecule has 1 saturated heterocycles. The summed E-state index contributed by atoms with van der Waals surface area (Å²) in [6.45, 7) is 1.11. The topological polar surface area (TPSA) is 108 Å². The molecule has 7 heteroatoms. The molecule has 7 nitrogen and oxygen atoms in total. The van der Waals surface area contributed by atoms with Gasteiger partial charge in [0.15, 0.2) is 0 Å². The van der Waals surface area contributed by atoms with Crippen molar-refractivity contribution in [3.63, 3.8) is 0 Å². The number of aromatic nitrogens is 3. The molecule has 1 aliphatic heterocycles. The summed E-state index contributed by atoms with van der Waals surface area (Å²) in [5.74, 6) is -0.365. The molecule has 76 valence electrons. The molecule has 1 aliphatic rings. The summed E-state index contributed by atoms with van der Waals surface area (Å²) in [5.41, 5.74) is 5.37. The molecule has 2 heterocycles. The van der Waals surface area contributed by atoms with Crippen molar-refractivity contribution in [1.29, 1.82) is 0 Å². The van der Waals surface area contributed by atoms with Crippen LogP contribution in [0.4, 0.5) is 11.9 Å². The van der Waals surface area contributed by atoms with Gasteiger partial charge in [-0.1, -0.05) is 0 Å². The second-order valence-corrected chi connectivity index (χ2v) is 3.29. The summed E-state index contributed by atoms with van der Waals surface area (Å²) < 4.78 is 0. The summed E-state index contributed by atoms with van der Waals surface area (Å²) in [6.07, 6.45) is 0.629. The highest BCUT2D eigenvalue weighted by molar-refractivity contribution is 5.71. The molecule has 4 N–H and O–H groups in total. The van der Waals surface area contributed by atoms with Gasteiger partial charge in [0.05, 0.1) is 5.92 Å². The fourth-order valence-corrected chi connectivity index (χ4v) is 1.55. The van der Waals surface area contributed by atoms with E-state index < -0.39 is 5.97 Å². The normalized spacial score (nSPS) is 21.4. The van der Waals surface area contributed by atoms with Gasteiger partial charge in [-0.3, -0.25) is 4.79 Å². The number of carbonyl (C=O) groups is 1. The van der Waals surface area contributed by atoms with Crippen molar-refractivity contribution in [3.05, 3.63) is 0 Å². The third kappa shape index (κ3) is 1.48. The highest BCUT2D eigenvalue weighted by Crippen LogP contribution is 2.20. The summed E-state index contributed by atoms with van der Waals surface area (Å²) in [4.78, 5) is 16.4.